The van der Waals surface area contributed by atoms with E-state index in [0.717, 1.165) is 17.0 Å². The molecule has 0 saturated heterocycles. The SMILES string of the molecule is Cc1ccc(C(=O)NCCc2ncc(C)s2)cc1. The number of nitrogens with zero attached hydrogens (tertiary/aromatic N) is 1. The third-order valence-corrected chi connectivity index (χ3v) is 3.58. The number of carbonyl (C=O) groups excluding carboxylic acids is 1. The van der Waals surface area contributed by atoms with Gasteiger partial charge in [0.2, 0.25) is 0 Å². The summed E-state index contributed by atoms with van der Waals surface area (Å²) >= 11 is 1.67. The molecule has 0 unspecified atom stereocenters. The maximum absolute atomic E-state index is 11.8. The summed E-state index contributed by atoms with van der Waals surface area (Å²) < 4.78 is 0. The van der Waals surface area contributed by atoms with Crippen molar-refractivity contribution in [2.75, 3.05) is 6.54 Å². The van der Waals surface area contributed by atoms with Crippen molar-refractivity contribution in [2.24, 2.45) is 0 Å². The molecule has 1 aromatic carbocycles. The lowest BCUT2D eigenvalue weighted by Gasteiger charge is -2.04. The maximum Gasteiger partial charge on any atom is 0.251 e. The molecule has 0 saturated carbocycles. The molecular formula is C14H16N2OS. The van der Waals surface area contributed by atoms with Crippen molar-refractivity contribution in [1.82, 2.24) is 10.3 Å². The zero-order valence-corrected chi connectivity index (χ0v) is 11.4. The third-order valence-electron chi connectivity index (χ3n) is 2.61. The van der Waals surface area contributed by atoms with Crippen molar-refractivity contribution in [3.63, 3.8) is 0 Å². The molecule has 2 rings (SSSR count). The number of hydrogen-bond donors (Lipinski definition) is 1. The van der Waals surface area contributed by atoms with Crippen LogP contribution in [0.5, 0.6) is 0 Å². The first-order chi connectivity index (χ1) is 8.65. The summed E-state index contributed by atoms with van der Waals surface area (Å²) in [5, 5.41) is 3.97. The summed E-state index contributed by atoms with van der Waals surface area (Å²) in [5.74, 6) is -0.0247. The van der Waals surface area contributed by atoms with Crippen molar-refractivity contribution >= 4 is 17.2 Å². The maximum atomic E-state index is 11.8. The average molecular weight is 260 g/mol. The minimum absolute atomic E-state index is 0.0247. The van der Waals surface area contributed by atoms with Crippen molar-refractivity contribution in [3.8, 4) is 0 Å². The highest BCUT2D eigenvalue weighted by Gasteiger charge is 2.05. The number of amides is 1. The summed E-state index contributed by atoms with van der Waals surface area (Å²) in [6, 6.07) is 7.58. The summed E-state index contributed by atoms with van der Waals surface area (Å²) in [4.78, 5) is 17.3. The quantitative estimate of drug-likeness (QED) is 0.918. The molecule has 0 aliphatic rings. The van der Waals surface area contributed by atoms with Gasteiger partial charge in [-0.25, -0.2) is 4.98 Å². The number of aromatic nitrogens is 1. The second-order valence-electron chi connectivity index (χ2n) is 4.24. The molecular weight excluding hydrogens is 244 g/mol. The number of aryl methyl sites for hydroxylation is 2. The molecule has 1 amide bonds. The van der Waals surface area contributed by atoms with E-state index >= 15 is 0 Å². The van der Waals surface area contributed by atoms with Crippen molar-refractivity contribution in [2.45, 2.75) is 20.3 Å². The van der Waals surface area contributed by atoms with Crippen LogP contribution < -0.4 is 5.32 Å². The Bertz CT molecular complexity index is 531. The smallest absolute Gasteiger partial charge is 0.251 e. The third kappa shape index (κ3) is 3.40. The van der Waals surface area contributed by atoms with Gasteiger partial charge in [0.15, 0.2) is 0 Å². The first-order valence-electron chi connectivity index (χ1n) is 5.91. The van der Waals surface area contributed by atoms with Crippen LogP contribution in [0.15, 0.2) is 30.5 Å². The lowest BCUT2D eigenvalue weighted by atomic mass is 10.1. The predicted molar refractivity (Wildman–Crippen MR) is 74.1 cm³/mol. The first kappa shape index (κ1) is 12.8. The number of nitrogens with one attached hydrogen (secondary N) is 1. The van der Waals surface area contributed by atoms with Gasteiger partial charge in [0.05, 0.1) is 5.01 Å². The number of rotatable bonds is 4. The molecule has 18 heavy (non-hydrogen) atoms. The fraction of sp³-hybridized carbons (Fsp3) is 0.286. The Morgan fingerprint density at radius 1 is 1.28 bits per heavy atom. The summed E-state index contributed by atoms with van der Waals surface area (Å²) in [6.45, 7) is 4.66. The van der Waals surface area contributed by atoms with E-state index in [1.165, 1.54) is 4.88 Å². The molecule has 0 fully saturated rings. The standard InChI is InChI=1S/C14H16N2OS/c1-10-3-5-12(6-4-10)14(17)15-8-7-13-16-9-11(2)18-13/h3-6,9H,7-8H2,1-2H3,(H,15,17). The normalized spacial score (nSPS) is 10.3. The van der Waals surface area contributed by atoms with E-state index in [0.29, 0.717) is 12.1 Å². The lowest BCUT2D eigenvalue weighted by molar-refractivity contribution is 0.0954. The molecule has 0 bridgehead atoms. The van der Waals surface area contributed by atoms with E-state index in [2.05, 4.69) is 10.3 Å². The Morgan fingerprint density at radius 2 is 2.00 bits per heavy atom. The highest BCUT2D eigenvalue weighted by molar-refractivity contribution is 7.11. The highest BCUT2D eigenvalue weighted by Crippen LogP contribution is 2.11. The monoisotopic (exact) mass is 260 g/mol. The van der Waals surface area contributed by atoms with Gasteiger partial charge < -0.3 is 5.32 Å². The molecule has 1 aromatic heterocycles. The van der Waals surface area contributed by atoms with Crippen LogP contribution in [-0.2, 0) is 6.42 Å². The lowest BCUT2D eigenvalue weighted by Crippen LogP contribution is -2.25. The van der Waals surface area contributed by atoms with Gasteiger partial charge in [-0.1, -0.05) is 17.7 Å². The fourth-order valence-corrected chi connectivity index (χ4v) is 2.39. The van der Waals surface area contributed by atoms with E-state index in [-0.39, 0.29) is 5.91 Å². The summed E-state index contributed by atoms with van der Waals surface area (Å²) in [7, 11) is 0. The van der Waals surface area contributed by atoms with Gasteiger partial charge in [0.1, 0.15) is 0 Å². The molecule has 0 aliphatic carbocycles. The van der Waals surface area contributed by atoms with Crippen molar-refractivity contribution in [3.05, 3.63) is 51.5 Å². The van der Waals surface area contributed by atoms with Crippen LogP contribution in [0, 0.1) is 13.8 Å². The molecule has 0 aliphatic heterocycles. The van der Waals surface area contributed by atoms with Crippen LogP contribution in [0.2, 0.25) is 0 Å². The average Bonchev–Trinajstić information content (AvgIpc) is 2.76. The predicted octanol–water partition coefficient (Wildman–Crippen LogP) is 2.73. The molecule has 3 nitrogen and oxygen atoms in total. The van der Waals surface area contributed by atoms with Crippen LogP contribution in [0.4, 0.5) is 0 Å². The van der Waals surface area contributed by atoms with E-state index in [4.69, 9.17) is 0 Å². The second kappa shape index (κ2) is 5.78. The Morgan fingerprint density at radius 3 is 2.61 bits per heavy atom. The number of hydrogen-bond acceptors (Lipinski definition) is 3. The van der Waals surface area contributed by atoms with Gasteiger partial charge in [-0.2, -0.15) is 0 Å². The topological polar surface area (TPSA) is 42.0 Å². The molecule has 94 valence electrons. The van der Waals surface area contributed by atoms with Gasteiger partial charge in [0, 0.05) is 29.6 Å². The Hall–Kier alpha value is -1.68. The molecule has 2 aromatic rings. The van der Waals surface area contributed by atoms with Crippen LogP contribution in [0.25, 0.3) is 0 Å². The molecule has 0 radical (unpaired) electrons. The zero-order chi connectivity index (χ0) is 13.0. The molecule has 0 spiro atoms. The van der Waals surface area contributed by atoms with Crippen molar-refractivity contribution < 1.29 is 4.79 Å². The number of benzene rings is 1. The van der Waals surface area contributed by atoms with Gasteiger partial charge >= 0.3 is 0 Å². The molecule has 4 heteroatoms. The number of carbonyl (C=O) groups is 1. The Labute approximate surface area is 111 Å². The minimum atomic E-state index is -0.0247. The van der Waals surface area contributed by atoms with Gasteiger partial charge in [0.25, 0.3) is 5.91 Å². The van der Waals surface area contributed by atoms with Gasteiger partial charge in [-0.05, 0) is 26.0 Å². The van der Waals surface area contributed by atoms with Gasteiger partial charge in [-0.3, -0.25) is 4.79 Å². The van der Waals surface area contributed by atoms with Crippen LogP contribution in [0.1, 0.15) is 25.8 Å². The van der Waals surface area contributed by atoms with E-state index in [1.54, 1.807) is 11.3 Å². The largest absolute Gasteiger partial charge is 0.352 e. The molecule has 1 N–H and O–H groups in total. The molecule has 0 atom stereocenters. The summed E-state index contributed by atoms with van der Waals surface area (Å²) in [5.41, 5.74) is 1.86. The van der Waals surface area contributed by atoms with Gasteiger partial charge in [-0.15, -0.1) is 11.3 Å². The Balaban J connectivity index is 1.83. The van der Waals surface area contributed by atoms with Crippen LogP contribution in [0.3, 0.4) is 0 Å². The van der Waals surface area contributed by atoms with Crippen LogP contribution in [-0.4, -0.2) is 17.4 Å². The summed E-state index contributed by atoms with van der Waals surface area (Å²) in [6.07, 6.45) is 2.65. The highest BCUT2D eigenvalue weighted by atomic mass is 32.1. The zero-order valence-electron chi connectivity index (χ0n) is 10.6. The Kier molecular flexibility index (Phi) is 4.10. The van der Waals surface area contributed by atoms with E-state index in [1.807, 2.05) is 44.3 Å². The van der Waals surface area contributed by atoms with Crippen LogP contribution >= 0.6 is 11.3 Å². The fourth-order valence-electron chi connectivity index (χ4n) is 1.61. The minimum Gasteiger partial charge on any atom is -0.352 e. The first-order valence-corrected chi connectivity index (χ1v) is 6.73. The molecule has 1 heterocycles. The second-order valence-corrected chi connectivity index (χ2v) is 5.56. The van der Waals surface area contributed by atoms with E-state index < -0.39 is 0 Å². The van der Waals surface area contributed by atoms with E-state index in [9.17, 15) is 4.79 Å². The number of thiazole rings is 1. The van der Waals surface area contributed by atoms with Crippen molar-refractivity contribution in [1.29, 1.82) is 0 Å².